The van der Waals surface area contributed by atoms with Crippen molar-refractivity contribution in [1.82, 2.24) is 9.47 Å². The molecule has 2 aliphatic rings. The van der Waals surface area contributed by atoms with E-state index in [0.29, 0.717) is 6.10 Å². The van der Waals surface area contributed by atoms with E-state index in [1.165, 1.54) is 24.0 Å². The van der Waals surface area contributed by atoms with Gasteiger partial charge in [-0.2, -0.15) is 0 Å². The summed E-state index contributed by atoms with van der Waals surface area (Å²) in [6.45, 7) is 3.87. The number of hydrogen-bond acceptors (Lipinski definition) is 3. The largest absolute Gasteiger partial charge is 0.374 e. The minimum atomic E-state index is 0.241. The molecule has 3 rings (SSSR count). The Kier molecular flexibility index (Phi) is 3.41. The number of nitrogens with zero attached hydrogens (tertiary/aromatic N) is 2. The molecule has 1 aromatic heterocycles. The Morgan fingerprint density at radius 2 is 2.33 bits per heavy atom. The summed E-state index contributed by atoms with van der Waals surface area (Å²) in [5.41, 5.74) is 8.96. The van der Waals surface area contributed by atoms with Gasteiger partial charge < -0.3 is 19.9 Å². The molecule has 0 aromatic carbocycles. The summed E-state index contributed by atoms with van der Waals surface area (Å²) in [4.78, 5) is 2.34. The highest BCUT2D eigenvalue weighted by atomic mass is 16.5. The SMILES string of the molecule is CN1CCOC(Cn2cc3c(c2)C(N)CCC3)C1. The van der Waals surface area contributed by atoms with Crippen molar-refractivity contribution in [1.29, 1.82) is 0 Å². The lowest BCUT2D eigenvalue weighted by Gasteiger charge is -2.30. The number of ether oxygens (including phenoxy) is 1. The van der Waals surface area contributed by atoms with Gasteiger partial charge >= 0.3 is 0 Å². The summed E-state index contributed by atoms with van der Waals surface area (Å²) in [5, 5.41) is 0. The summed E-state index contributed by atoms with van der Waals surface area (Å²) in [5.74, 6) is 0. The summed E-state index contributed by atoms with van der Waals surface area (Å²) >= 11 is 0. The van der Waals surface area contributed by atoms with E-state index < -0.39 is 0 Å². The van der Waals surface area contributed by atoms with E-state index in [0.717, 1.165) is 32.7 Å². The van der Waals surface area contributed by atoms with Crippen LogP contribution in [0.2, 0.25) is 0 Å². The molecule has 0 amide bonds. The normalized spacial score (nSPS) is 29.2. The monoisotopic (exact) mass is 249 g/mol. The van der Waals surface area contributed by atoms with Crippen LogP contribution in [0.3, 0.4) is 0 Å². The summed E-state index contributed by atoms with van der Waals surface area (Å²) < 4.78 is 8.09. The van der Waals surface area contributed by atoms with Crippen molar-refractivity contribution >= 4 is 0 Å². The lowest BCUT2D eigenvalue weighted by molar-refractivity contribution is -0.0274. The molecule has 4 nitrogen and oxygen atoms in total. The average Bonchev–Trinajstić information content (AvgIpc) is 2.73. The third-order valence-corrected chi connectivity index (χ3v) is 4.11. The van der Waals surface area contributed by atoms with Crippen molar-refractivity contribution in [3.63, 3.8) is 0 Å². The first kappa shape index (κ1) is 12.2. The van der Waals surface area contributed by atoms with E-state index in [4.69, 9.17) is 10.5 Å². The van der Waals surface area contributed by atoms with Crippen molar-refractivity contribution in [2.24, 2.45) is 5.73 Å². The maximum Gasteiger partial charge on any atom is 0.0880 e. The van der Waals surface area contributed by atoms with Crippen LogP contribution in [0.5, 0.6) is 0 Å². The second-order valence-electron chi connectivity index (χ2n) is 5.69. The molecule has 1 aromatic rings. The van der Waals surface area contributed by atoms with Crippen LogP contribution >= 0.6 is 0 Å². The van der Waals surface area contributed by atoms with E-state index in [9.17, 15) is 0 Å². The molecule has 0 saturated carbocycles. The van der Waals surface area contributed by atoms with Crippen LogP contribution < -0.4 is 5.73 Å². The topological polar surface area (TPSA) is 43.4 Å². The van der Waals surface area contributed by atoms with Gasteiger partial charge in [-0.1, -0.05) is 0 Å². The number of rotatable bonds is 2. The van der Waals surface area contributed by atoms with Crippen LogP contribution in [0, 0.1) is 0 Å². The van der Waals surface area contributed by atoms with Crippen molar-refractivity contribution in [2.45, 2.75) is 38.0 Å². The highest BCUT2D eigenvalue weighted by molar-refractivity contribution is 5.29. The Bertz CT molecular complexity index is 415. The number of morpholine rings is 1. The molecule has 2 N–H and O–H groups in total. The van der Waals surface area contributed by atoms with Crippen molar-refractivity contribution < 1.29 is 4.74 Å². The van der Waals surface area contributed by atoms with Crippen molar-refractivity contribution in [3.05, 3.63) is 23.5 Å². The van der Waals surface area contributed by atoms with Crippen LogP contribution in [0.4, 0.5) is 0 Å². The third kappa shape index (κ3) is 2.46. The van der Waals surface area contributed by atoms with Gasteiger partial charge in [0.15, 0.2) is 0 Å². The fraction of sp³-hybridized carbons (Fsp3) is 0.714. The molecular formula is C14H23N3O. The Balaban J connectivity index is 1.69. The Hall–Kier alpha value is -0.840. The quantitative estimate of drug-likeness (QED) is 0.855. The van der Waals surface area contributed by atoms with Gasteiger partial charge in [0, 0.05) is 38.1 Å². The molecule has 4 heteroatoms. The third-order valence-electron chi connectivity index (χ3n) is 4.11. The first-order valence-electron chi connectivity index (χ1n) is 6.96. The fourth-order valence-corrected chi connectivity index (χ4v) is 3.10. The van der Waals surface area contributed by atoms with E-state index >= 15 is 0 Å². The van der Waals surface area contributed by atoms with Gasteiger partial charge in [0.1, 0.15) is 0 Å². The number of hydrogen-bond donors (Lipinski definition) is 1. The molecule has 0 spiro atoms. The fourth-order valence-electron chi connectivity index (χ4n) is 3.10. The summed E-state index contributed by atoms with van der Waals surface area (Å²) in [7, 11) is 2.16. The smallest absolute Gasteiger partial charge is 0.0880 e. The minimum absolute atomic E-state index is 0.241. The molecule has 2 atom stereocenters. The van der Waals surface area contributed by atoms with E-state index in [1.54, 1.807) is 0 Å². The molecule has 2 unspecified atom stereocenters. The van der Waals surface area contributed by atoms with E-state index in [-0.39, 0.29) is 6.04 Å². The van der Waals surface area contributed by atoms with Crippen LogP contribution in [-0.4, -0.2) is 42.3 Å². The lowest BCUT2D eigenvalue weighted by atomic mass is 9.92. The molecule has 1 saturated heterocycles. The molecule has 0 radical (unpaired) electrons. The van der Waals surface area contributed by atoms with Crippen molar-refractivity contribution in [2.75, 3.05) is 26.7 Å². The number of aromatic nitrogens is 1. The number of likely N-dealkylation sites (N-methyl/N-ethyl adjacent to an activating group) is 1. The van der Waals surface area contributed by atoms with Gasteiger partial charge in [0.25, 0.3) is 0 Å². The molecule has 18 heavy (non-hydrogen) atoms. The van der Waals surface area contributed by atoms with Gasteiger partial charge in [0.05, 0.1) is 12.7 Å². The van der Waals surface area contributed by atoms with Gasteiger partial charge in [-0.05, 0) is 37.4 Å². The van der Waals surface area contributed by atoms with E-state index in [2.05, 4.69) is 28.9 Å². The number of fused-ring (bicyclic) bond motifs is 1. The highest BCUT2D eigenvalue weighted by Gasteiger charge is 2.21. The highest BCUT2D eigenvalue weighted by Crippen LogP contribution is 2.28. The molecule has 2 heterocycles. The van der Waals surface area contributed by atoms with Crippen LogP contribution in [-0.2, 0) is 17.7 Å². The van der Waals surface area contributed by atoms with Crippen LogP contribution in [0.25, 0.3) is 0 Å². The van der Waals surface area contributed by atoms with Gasteiger partial charge in [-0.25, -0.2) is 0 Å². The van der Waals surface area contributed by atoms with E-state index in [1.807, 2.05) is 0 Å². The minimum Gasteiger partial charge on any atom is -0.374 e. The Morgan fingerprint density at radius 1 is 1.44 bits per heavy atom. The first-order chi connectivity index (χ1) is 8.72. The maximum atomic E-state index is 6.16. The molecule has 1 aliphatic heterocycles. The zero-order chi connectivity index (χ0) is 12.5. The molecule has 1 fully saturated rings. The number of aryl methyl sites for hydroxylation is 1. The van der Waals surface area contributed by atoms with Gasteiger partial charge in [-0.3, -0.25) is 0 Å². The van der Waals surface area contributed by atoms with Gasteiger partial charge in [-0.15, -0.1) is 0 Å². The first-order valence-corrected chi connectivity index (χ1v) is 6.96. The second-order valence-corrected chi connectivity index (χ2v) is 5.69. The predicted molar refractivity (Wildman–Crippen MR) is 71.5 cm³/mol. The Labute approximate surface area is 109 Å². The zero-order valence-electron chi connectivity index (χ0n) is 11.1. The molecule has 1 aliphatic carbocycles. The average molecular weight is 249 g/mol. The lowest BCUT2D eigenvalue weighted by Crippen LogP contribution is -2.41. The van der Waals surface area contributed by atoms with Crippen molar-refractivity contribution in [3.8, 4) is 0 Å². The second kappa shape index (κ2) is 5.03. The predicted octanol–water partition coefficient (Wildman–Crippen LogP) is 1.15. The Morgan fingerprint density at radius 3 is 3.11 bits per heavy atom. The van der Waals surface area contributed by atoms with Crippen LogP contribution in [0.15, 0.2) is 12.4 Å². The van der Waals surface area contributed by atoms with Crippen LogP contribution in [0.1, 0.15) is 30.0 Å². The molecular weight excluding hydrogens is 226 g/mol. The van der Waals surface area contributed by atoms with Gasteiger partial charge in [0.2, 0.25) is 0 Å². The molecule has 100 valence electrons. The number of nitrogens with two attached hydrogens (primary N) is 1. The molecule has 0 bridgehead atoms. The summed E-state index contributed by atoms with van der Waals surface area (Å²) in [6.07, 6.45) is 8.35. The maximum absolute atomic E-state index is 6.16. The summed E-state index contributed by atoms with van der Waals surface area (Å²) in [6, 6.07) is 0.241. The zero-order valence-corrected chi connectivity index (χ0v) is 11.1. The standard InChI is InChI=1S/C14H23N3O/c1-16-5-6-18-12(8-16)9-17-7-11-3-2-4-14(15)13(11)10-17/h7,10,12,14H,2-6,8-9,15H2,1H3.